The third-order valence-electron chi connectivity index (χ3n) is 3.86. The molecule has 1 N–H and O–H groups in total. The van der Waals surface area contributed by atoms with E-state index in [0.717, 1.165) is 31.6 Å². The highest BCUT2D eigenvalue weighted by Crippen LogP contribution is 2.23. The van der Waals surface area contributed by atoms with Gasteiger partial charge in [0.25, 0.3) is 5.91 Å². The SMILES string of the molecule is Cn1ccc(C(=O)N(c2ccccc2)C2CCNCC2)n1. The highest BCUT2D eigenvalue weighted by molar-refractivity contribution is 6.05. The molecule has 0 spiro atoms. The molecule has 0 radical (unpaired) electrons. The number of piperidine rings is 1. The molecule has 0 unspecified atom stereocenters. The topological polar surface area (TPSA) is 50.2 Å². The fourth-order valence-corrected chi connectivity index (χ4v) is 2.80. The second-order valence-electron chi connectivity index (χ2n) is 5.37. The molecular weight excluding hydrogens is 264 g/mol. The number of nitrogens with one attached hydrogen (secondary N) is 1. The van der Waals surface area contributed by atoms with Gasteiger partial charge in [0.1, 0.15) is 0 Å². The molecule has 1 saturated heterocycles. The molecule has 5 nitrogen and oxygen atoms in total. The Balaban J connectivity index is 1.93. The highest BCUT2D eigenvalue weighted by Gasteiger charge is 2.28. The Labute approximate surface area is 124 Å². The van der Waals surface area contributed by atoms with Crippen LogP contribution in [0.25, 0.3) is 0 Å². The van der Waals surface area contributed by atoms with Crippen LogP contribution in [0.1, 0.15) is 23.3 Å². The maximum absolute atomic E-state index is 12.9. The van der Waals surface area contributed by atoms with E-state index >= 15 is 0 Å². The van der Waals surface area contributed by atoms with Crippen LogP contribution in [0.5, 0.6) is 0 Å². The molecule has 1 fully saturated rings. The number of para-hydroxylation sites is 1. The van der Waals surface area contributed by atoms with Gasteiger partial charge in [-0.1, -0.05) is 18.2 Å². The Hall–Kier alpha value is -2.14. The average Bonchev–Trinajstić information content (AvgIpc) is 2.96. The van der Waals surface area contributed by atoms with Gasteiger partial charge in [-0.3, -0.25) is 9.48 Å². The third kappa shape index (κ3) is 2.97. The molecule has 3 rings (SSSR count). The Bertz CT molecular complexity index is 602. The van der Waals surface area contributed by atoms with Gasteiger partial charge in [0, 0.05) is 25.0 Å². The van der Waals surface area contributed by atoms with Crippen molar-refractivity contribution in [2.45, 2.75) is 18.9 Å². The van der Waals surface area contributed by atoms with Gasteiger partial charge in [-0.25, -0.2) is 0 Å². The largest absolute Gasteiger partial charge is 0.317 e. The normalized spacial score (nSPS) is 15.9. The summed E-state index contributed by atoms with van der Waals surface area (Å²) in [7, 11) is 1.83. The molecule has 2 aromatic rings. The number of carbonyl (C=O) groups excluding carboxylic acids is 1. The van der Waals surface area contributed by atoms with E-state index in [4.69, 9.17) is 0 Å². The van der Waals surface area contributed by atoms with Crippen molar-refractivity contribution in [3.05, 3.63) is 48.3 Å². The molecule has 0 atom stereocenters. The quantitative estimate of drug-likeness (QED) is 0.935. The first kappa shape index (κ1) is 13.8. The second kappa shape index (κ2) is 6.10. The number of hydrogen-bond acceptors (Lipinski definition) is 3. The average molecular weight is 284 g/mol. The summed E-state index contributed by atoms with van der Waals surface area (Å²) in [5.74, 6) is -0.0197. The molecule has 0 saturated carbocycles. The molecule has 1 aromatic carbocycles. The zero-order chi connectivity index (χ0) is 14.7. The van der Waals surface area contributed by atoms with Crippen LogP contribution in [-0.2, 0) is 7.05 Å². The van der Waals surface area contributed by atoms with E-state index in [9.17, 15) is 4.79 Å². The monoisotopic (exact) mass is 284 g/mol. The fourth-order valence-electron chi connectivity index (χ4n) is 2.80. The van der Waals surface area contributed by atoms with Gasteiger partial charge in [0.05, 0.1) is 0 Å². The number of nitrogens with zero attached hydrogens (tertiary/aromatic N) is 3. The number of rotatable bonds is 3. The molecule has 5 heteroatoms. The van der Waals surface area contributed by atoms with Gasteiger partial charge in [0.2, 0.25) is 0 Å². The van der Waals surface area contributed by atoms with Crippen LogP contribution in [0.2, 0.25) is 0 Å². The van der Waals surface area contributed by atoms with Gasteiger partial charge in [-0.2, -0.15) is 5.10 Å². The van der Waals surface area contributed by atoms with E-state index in [0.29, 0.717) is 5.69 Å². The van der Waals surface area contributed by atoms with Crippen molar-refractivity contribution in [1.29, 1.82) is 0 Å². The minimum atomic E-state index is -0.0197. The van der Waals surface area contributed by atoms with Gasteiger partial charge < -0.3 is 10.2 Å². The van der Waals surface area contributed by atoms with Crippen molar-refractivity contribution in [2.75, 3.05) is 18.0 Å². The van der Waals surface area contributed by atoms with E-state index in [1.54, 1.807) is 16.9 Å². The van der Waals surface area contributed by atoms with Crippen molar-refractivity contribution in [3.63, 3.8) is 0 Å². The van der Waals surface area contributed by atoms with Crippen LogP contribution in [0, 0.1) is 0 Å². The number of aryl methyl sites for hydroxylation is 1. The van der Waals surface area contributed by atoms with Gasteiger partial charge in [-0.15, -0.1) is 0 Å². The standard InChI is InChI=1S/C16H20N4O/c1-19-12-9-15(18-19)16(21)20(13-5-3-2-4-6-13)14-7-10-17-11-8-14/h2-6,9,12,14,17H,7-8,10-11H2,1H3. The van der Waals surface area contributed by atoms with Crippen LogP contribution >= 0.6 is 0 Å². The van der Waals surface area contributed by atoms with Crippen molar-refractivity contribution < 1.29 is 4.79 Å². The van der Waals surface area contributed by atoms with Gasteiger partial charge in [0.15, 0.2) is 5.69 Å². The first-order valence-corrected chi connectivity index (χ1v) is 7.34. The van der Waals surface area contributed by atoms with Crippen LogP contribution in [0.4, 0.5) is 5.69 Å². The molecule has 1 aliphatic heterocycles. The number of aromatic nitrogens is 2. The summed E-state index contributed by atoms with van der Waals surface area (Å²) in [4.78, 5) is 14.8. The van der Waals surface area contributed by atoms with Crippen LogP contribution in [-0.4, -0.2) is 34.8 Å². The Morgan fingerprint density at radius 1 is 1.24 bits per heavy atom. The predicted octanol–water partition coefficient (Wildman–Crippen LogP) is 1.82. The van der Waals surface area contributed by atoms with Crippen molar-refractivity contribution in [1.82, 2.24) is 15.1 Å². The summed E-state index contributed by atoms with van der Waals surface area (Å²) in [5.41, 5.74) is 1.44. The number of carbonyl (C=O) groups is 1. The minimum Gasteiger partial charge on any atom is -0.317 e. The van der Waals surface area contributed by atoms with Gasteiger partial charge >= 0.3 is 0 Å². The first-order chi connectivity index (χ1) is 10.3. The summed E-state index contributed by atoms with van der Waals surface area (Å²) in [5, 5.41) is 7.61. The number of amides is 1. The van der Waals surface area contributed by atoms with E-state index in [-0.39, 0.29) is 11.9 Å². The summed E-state index contributed by atoms with van der Waals surface area (Å²) in [6.07, 6.45) is 3.74. The number of hydrogen-bond donors (Lipinski definition) is 1. The van der Waals surface area contributed by atoms with E-state index in [1.807, 2.05) is 42.3 Å². The lowest BCUT2D eigenvalue weighted by molar-refractivity contribution is 0.0966. The first-order valence-electron chi connectivity index (χ1n) is 7.34. The Morgan fingerprint density at radius 3 is 2.57 bits per heavy atom. The predicted molar refractivity (Wildman–Crippen MR) is 82.4 cm³/mol. The van der Waals surface area contributed by atoms with Crippen LogP contribution in [0.15, 0.2) is 42.6 Å². The smallest absolute Gasteiger partial charge is 0.279 e. The summed E-state index contributed by atoms with van der Waals surface area (Å²) >= 11 is 0. The molecule has 110 valence electrons. The highest BCUT2D eigenvalue weighted by atomic mass is 16.2. The molecule has 1 aromatic heterocycles. The lowest BCUT2D eigenvalue weighted by atomic mass is 10.0. The van der Waals surface area contributed by atoms with Crippen molar-refractivity contribution in [3.8, 4) is 0 Å². The van der Waals surface area contributed by atoms with E-state index < -0.39 is 0 Å². The molecular formula is C16H20N4O. The summed E-state index contributed by atoms with van der Waals surface area (Å²) in [6, 6.07) is 11.9. The lowest BCUT2D eigenvalue weighted by Crippen LogP contribution is -2.46. The van der Waals surface area contributed by atoms with Gasteiger partial charge in [-0.05, 0) is 44.1 Å². The summed E-state index contributed by atoms with van der Waals surface area (Å²) < 4.78 is 1.67. The van der Waals surface area contributed by atoms with Crippen LogP contribution < -0.4 is 10.2 Å². The Morgan fingerprint density at radius 2 is 1.95 bits per heavy atom. The van der Waals surface area contributed by atoms with Crippen molar-refractivity contribution >= 4 is 11.6 Å². The maximum atomic E-state index is 12.9. The zero-order valence-electron chi connectivity index (χ0n) is 12.2. The fraction of sp³-hybridized carbons (Fsp3) is 0.375. The molecule has 1 aliphatic rings. The second-order valence-corrected chi connectivity index (χ2v) is 5.37. The number of anilines is 1. The zero-order valence-corrected chi connectivity index (χ0v) is 12.2. The molecule has 21 heavy (non-hydrogen) atoms. The molecule has 0 bridgehead atoms. The molecule has 1 amide bonds. The maximum Gasteiger partial charge on any atom is 0.279 e. The third-order valence-corrected chi connectivity index (χ3v) is 3.86. The van der Waals surface area contributed by atoms with Crippen molar-refractivity contribution in [2.24, 2.45) is 7.05 Å². The lowest BCUT2D eigenvalue weighted by Gasteiger charge is -2.34. The van der Waals surface area contributed by atoms with Crippen LogP contribution in [0.3, 0.4) is 0 Å². The number of benzene rings is 1. The summed E-state index contributed by atoms with van der Waals surface area (Å²) in [6.45, 7) is 1.90. The van der Waals surface area contributed by atoms with E-state index in [2.05, 4.69) is 10.4 Å². The molecule has 0 aliphatic carbocycles. The minimum absolute atomic E-state index is 0.0197. The van der Waals surface area contributed by atoms with E-state index in [1.165, 1.54) is 0 Å². The Kier molecular flexibility index (Phi) is 4.01. The molecule has 2 heterocycles.